The summed E-state index contributed by atoms with van der Waals surface area (Å²) in [4.78, 5) is 19.5. The van der Waals surface area contributed by atoms with Gasteiger partial charge in [-0.3, -0.25) is 0 Å². The number of urea groups is 1. The van der Waals surface area contributed by atoms with Crippen molar-refractivity contribution in [2.75, 3.05) is 26.2 Å². The number of thiazole rings is 1. The minimum Gasteiger partial charge on any atom is -0.372 e. The first-order valence-electron chi connectivity index (χ1n) is 7.10. The Kier molecular flexibility index (Phi) is 4.99. The SMILES string of the molecule is CC[C@@]1(C)CN(C(=O)NCCc2ncc(C)s2)CCO1. The number of aryl methyl sites for hydroxylation is 1. The molecule has 2 heterocycles. The Labute approximate surface area is 124 Å². The van der Waals surface area contributed by atoms with E-state index in [4.69, 9.17) is 4.74 Å². The Hall–Kier alpha value is -1.14. The second-order valence-electron chi connectivity index (χ2n) is 5.42. The predicted octanol–water partition coefficient (Wildman–Crippen LogP) is 2.20. The molecule has 0 aliphatic carbocycles. The summed E-state index contributed by atoms with van der Waals surface area (Å²) in [5.74, 6) is 0. The summed E-state index contributed by atoms with van der Waals surface area (Å²) in [5, 5.41) is 4.04. The summed E-state index contributed by atoms with van der Waals surface area (Å²) in [6.07, 6.45) is 3.57. The van der Waals surface area contributed by atoms with Crippen molar-refractivity contribution in [2.24, 2.45) is 0 Å². The van der Waals surface area contributed by atoms with Crippen molar-refractivity contribution in [1.29, 1.82) is 0 Å². The highest BCUT2D eigenvalue weighted by Gasteiger charge is 2.32. The number of ether oxygens (including phenoxy) is 1. The number of morpholine rings is 1. The molecular weight excluding hydrogens is 274 g/mol. The molecule has 1 saturated heterocycles. The Balaban J connectivity index is 1.77. The van der Waals surface area contributed by atoms with Crippen LogP contribution in [0.3, 0.4) is 0 Å². The van der Waals surface area contributed by atoms with Gasteiger partial charge in [0.25, 0.3) is 0 Å². The summed E-state index contributed by atoms with van der Waals surface area (Å²) < 4.78 is 5.74. The largest absolute Gasteiger partial charge is 0.372 e. The third-order valence-corrected chi connectivity index (χ3v) is 4.63. The fourth-order valence-electron chi connectivity index (χ4n) is 2.22. The first-order valence-corrected chi connectivity index (χ1v) is 7.92. The van der Waals surface area contributed by atoms with Gasteiger partial charge in [0.2, 0.25) is 0 Å². The standard InChI is InChI=1S/C14H23N3O2S/c1-4-14(3)10-17(7-8-19-14)13(18)15-6-5-12-16-9-11(2)20-12/h9H,4-8,10H2,1-3H3,(H,15,18)/t14-/m0/s1. The van der Waals surface area contributed by atoms with Crippen LogP contribution in [0.5, 0.6) is 0 Å². The lowest BCUT2D eigenvalue weighted by Gasteiger charge is -2.39. The maximum atomic E-state index is 12.1. The average Bonchev–Trinajstić information content (AvgIpc) is 2.84. The zero-order valence-corrected chi connectivity index (χ0v) is 13.3. The van der Waals surface area contributed by atoms with Crippen LogP contribution in [-0.2, 0) is 11.2 Å². The second-order valence-corrected chi connectivity index (χ2v) is 6.74. The third kappa shape index (κ3) is 3.93. The van der Waals surface area contributed by atoms with E-state index in [0.717, 1.165) is 17.8 Å². The van der Waals surface area contributed by atoms with Crippen LogP contribution in [0, 0.1) is 6.92 Å². The van der Waals surface area contributed by atoms with Crippen molar-refractivity contribution in [3.63, 3.8) is 0 Å². The van der Waals surface area contributed by atoms with Gasteiger partial charge >= 0.3 is 6.03 Å². The summed E-state index contributed by atoms with van der Waals surface area (Å²) in [6.45, 7) is 8.76. The van der Waals surface area contributed by atoms with Crippen LogP contribution >= 0.6 is 11.3 Å². The zero-order valence-electron chi connectivity index (χ0n) is 12.4. The van der Waals surface area contributed by atoms with Gasteiger partial charge in [0, 0.05) is 30.6 Å². The Morgan fingerprint density at radius 2 is 2.45 bits per heavy atom. The first kappa shape index (κ1) is 15.3. The quantitative estimate of drug-likeness (QED) is 0.927. The van der Waals surface area contributed by atoms with Gasteiger partial charge in [0.15, 0.2) is 0 Å². The summed E-state index contributed by atoms with van der Waals surface area (Å²) >= 11 is 1.68. The predicted molar refractivity (Wildman–Crippen MR) is 80.2 cm³/mol. The molecule has 2 amide bonds. The van der Waals surface area contributed by atoms with Gasteiger partial charge in [-0.2, -0.15) is 0 Å². The number of hydrogen-bond donors (Lipinski definition) is 1. The number of amides is 2. The normalized spacial score (nSPS) is 22.9. The molecule has 0 bridgehead atoms. The molecule has 5 nitrogen and oxygen atoms in total. The minimum absolute atomic E-state index is 0.00116. The number of nitrogens with zero attached hydrogens (tertiary/aromatic N) is 2. The van der Waals surface area contributed by atoms with Gasteiger partial charge in [-0.15, -0.1) is 11.3 Å². The molecule has 1 aliphatic rings. The average molecular weight is 297 g/mol. The van der Waals surface area contributed by atoms with Crippen molar-refractivity contribution in [3.05, 3.63) is 16.1 Å². The molecule has 20 heavy (non-hydrogen) atoms. The van der Waals surface area contributed by atoms with E-state index < -0.39 is 0 Å². The fourth-order valence-corrected chi connectivity index (χ4v) is 3.01. The van der Waals surface area contributed by atoms with Crippen LogP contribution < -0.4 is 5.32 Å². The van der Waals surface area contributed by atoms with Crippen molar-refractivity contribution in [1.82, 2.24) is 15.2 Å². The number of rotatable bonds is 4. The highest BCUT2D eigenvalue weighted by molar-refractivity contribution is 7.11. The molecular formula is C14H23N3O2S. The molecule has 1 fully saturated rings. The van der Waals surface area contributed by atoms with E-state index in [1.807, 2.05) is 18.0 Å². The van der Waals surface area contributed by atoms with E-state index in [9.17, 15) is 4.79 Å². The van der Waals surface area contributed by atoms with Crippen LogP contribution in [0.15, 0.2) is 6.20 Å². The number of hydrogen-bond acceptors (Lipinski definition) is 4. The summed E-state index contributed by atoms with van der Waals surface area (Å²) in [5.41, 5.74) is -0.206. The van der Waals surface area contributed by atoms with E-state index in [2.05, 4.69) is 24.1 Å². The molecule has 1 aromatic heterocycles. The molecule has 6 heteroatoms. The third-order valence-electron chi connectivity index (χ3n) is 3.66. The van der Waals surface area contributed by atoms with E-state index in [-0.39, 0.29) is 11.6 Å². The smallest absolute Gasteiger partial charge is 0.317 e. The number of aromatic nitrogens is 1. The highest BCUT2D eigenvalue weighted by atomic mass is 32.1. The molecule has 1 aliphatic heterocycles. The van der Waals surface area contributed by atoms with Crippen LogP contribution in [-0.4, -0.2) is 47.8 Å². The van der Waals surface area contributed by atoms with Crippen LogP contribution in [0.1, 0.15) is 30.2 Å². The number of carbonyl (C=O) groups excluding carboxylic acids is 1. The summed E-state index contributed by atoms with van der Waals surface area (Å²) in [6, 6.07) is 0.00116. The Morgan fingerprint density at radius 1 is 1.65 bits per heavy atom. The minimum atomic E-state index is -0.206. The monoisotopic (exact) mass is 297 g/mol. The molecule has 1 aromatic rings. The van der Waals surface area contributed by atoms with E-state index in [1.165, 1.54) is 4.88 Å². The van der Waals surface area contributed by atoms with Gasteiger partial charge in [-0.1, -0.05) is 6.92 Å². The van der Waals surface area contributed by atoms with Crippen LogP contribution in [0.2, 0.25) is 0 Å². The van der Waals surface area contributed by atoms with Gasteiger partial charge in [-0.05, 0) is 20.3 Å². The van der Waals surface area contributed by atoms with Gasteiger partial charge in [0.1, 0.15) is 0 Å². The van der Waals surface area contributed by atoms with E-state index >= 15 is 0 Å². The molecule has 2 rings (SSSR count). The molecule has 0 radical (unpaired) electrons. The van der Waals surface area contributed by atoms with Crippen molar-refractivity contribution in [3.8, 4) is 0 Å². The maximum absolute atomic E-state index is 12.1. The Bertz CT molecular complexity index is 463. The first-order chi connectivity index (χ1) is 9.52. The van der Waals surface area contributed by atoms with Crippen LogP contribution in [0.4, 0.5) is 4.79 Å². The molecule has 0 saturated carbocycles. The van der Waals surface area contributed by atoms with E-state index in [1.54, 1.807) is 11.3 Å². The number of carbonyl (C=O) groups is 1. The lowest BCUT2D eigenvalue weighted by molar-refractivity contribution is -0.0872. The van der Waals surface area contributed by atoms with Gasteiger partial charge in [-0.25, -0.2) is 9.78 Å². The van der Waals surface area contributed by atoms with Crippen molar-refractivity contribution < 1.29 is 9.53 Å². The lowest BCUT2D eigenvalue weighted by atomic mass is 10.0. The molecule has 0 aromatic carbocycles. The molecule has 1 N–H and O–H groups in total. The Morgan fingerprint density at radius 3 is 3.10 bits per heavy atom. The van der Waals surface area contributed by atoms with Gasteiger partial charge in [0.05, 0.1) is 23.8 Å². The fraction of sp³-hybridized carbons (Fsp3) is 0.714. The zero-order chi connectivity index (χ0) is 14.6. The molecule has 112 valence electrons. The molecule has 1 atom stereocenters. The maximum Gasteiger partial charge on any atom is 0.317 e. The van der Waals surface area contributed by atoms with Gasteiger partial charge < -0.3 is 15.0 Å². The van der Waals surface area contributed by atoms with Crippen molar-refractivity contribution >= 4 is 17.4 Å². The van der Waals surface area contributed by atoms with Crippen molar-refractivity contribution in [2.45, 2.75) is 39.2 Å². The van der Waals surface area contributed by atoms with Crippen LogP contribution in [0.25, 0.3) is 0 Å². The second kappa shape index (κ2) is 6.54. The lowest BCUT2D eigenvalue weighted by Crippen LogP contribution is -2.54. The topological polar surface area (TPSA) is 54.5 Å². The summed E-state index contributed by atoms with van der Waals surface area (Å²) in [7, 11) is 0. The molecule has 0 unspecified atom stereocenters. The number of nitrogens with one attached hydrogen (secondary N) is 1. The molecule has 0 spiro atoms. The highest BCUT2D eigenvalue weighted by Crippen LogP contribution is 2.20. The van der Waals surface area contributed by atoms with E-state index in [0.29, 0.717) is 26.2 Å².